The number of thiophene rings is 1. The molecule has 0 radical (unpaired) electrons. The van der Waals surface area contributed by atoms with E-state index in [0.717, 1.165) is 18.4 Å². The lowest BCUT2D eigenvalue weighted by atomic mass is 10.0. The maximum atomic E-state index is 13.2. The molecule has 1 aliphatic rings. The summed E-state index contributed by atoms with van der Waals surface area (Å²) in [4.78, 5) is 29.9. The van der Waals surface area contributed by atoms with Crippen LogP contribution >= 0.6 is 11.3 Å². The summed E-state index contributed by atoms with van der Waals surface area (Å²) >= 11 is 1.69. The third-order valence-corrected chi connectivity index (χ3v) is 6.38. The molecule has 7 heteroatoms. The minimum Gasteiger partial charge on any atom is -0.491 e. The molecule has 0 aliphatic carbocycles. The molecule has 2 heterocycles. The van der Waals surface area contributed by atoms with Crippen molar-refractivity contribution in [3.8, 4) is 5.75 Å². The van der Waals surface area contributed by atoms with E-state index in [-0.39, 0.29) is 36.8 Å². The number of ether oxygens (including phenoxy) is 1. The van der Waals surface area contributed by atoms with E-state index in [2.05, 4.69) is 13.8 Å². The average Bonchev–Trinajstić information content (AvgIpc) is 3.19. The van der Waals surface area contributed by atoms with E-state index < -0.39 is 0 Å². The highest BCUT2D eigenvalue weighted by atomic mass is 32.1. The monoisotopic (exact) mass is 432 g/mol. The second-order valence-electron chi connectivity index (χ2n) is 8.04. The van der Waals surface area contributed by atoms with Crippen LogP contribution in [0.25, 0.3) is 0 Å². The third-order valence-electron chi connectivity index (χ3n) is 5.38. The topological polar surface area (TPSA) is 49.9 Å². The fourth-order valence-corrected chi connectivity index (χ4v) is 4.52. The average molecular weight is 433 g/mol. The molecule has 30 heavy (non-hydrogen) atoms. The molecule has 0 saturated heterocycles. The lowest BCUT2D eigenvalue weighted by Crippen LogP contribution is -2.47. The number of amides is 2. The van der Waals surface area contributed by atoms with Crippen molar-refractivity contribution in [1.29, 1.82) is 0 Å². The molecule has 0 bridgehead atoms. The highest BCUT2D eigenvalue weighted by molar-refractivity contribution is 7.10. The lowest BCUT2D eigenvalue weighted by Gasteiger charge is -2.37. The fourth-order valence-electron chi connectivity index (χ4n) is 3.60. The van der Waals surface area contributed by atoms with E-state index in [4.69, 9.17) is 4.74 Å². The SMILES string of the molecule is CC(=O)N(CCC(C)C)CC(=O)N1CCc2sccc2[C@@H]1COc1ccc(F)cc1. The molecule has 1 atom stereocenters. The molecule has 2 aromatic rings. The van der Waals surface area contributed by atoms with Crippen molar-refractivity contribution in [2.75, 3.05) is 26.2 Å². The van der Waals surface area contributed by atoms with Gasteiger partial charge in [0.1, 0.15) is 18.2 Å². The van der Waals surface area contributed by atoms with Gasteiger partial charge < -0.3 is 14.5 Å². The van der Waals surface area contributed by atoms with Gasteiger partial charge in [0.25, 0.3) is 0 Å². The van der Waals surface area contributed by atoms with Gasteiger partial charge in [-0.15, -0.1) is 11.3 Å². The number of hydrogen-bond acceptors (Lipinski definition) is 4. The predicted octanol–water partition coefficient (Wildman–Crippen LogP) is 4.29. The number of hydrogen-bond donors (Lipinski definition) is 0. The van der Waals surface area contributed by atoms with E-state index in [1.54, 1.807) is 28.4 Å². The summed E-state index contributed by atoms with van der Waals surface area (Å²) in [6, 6.07) is 7.70. The largest absolute Gasteiger partial charge is 0.491 e. The van der Waals surface area contributed by atoms with Crippen LogP contribution in [-0.4, -0.2) is 47.9 Å². The van der Waals surface area contributed by atoms with Gasteiger partial charge in [-0.3, -0.25) is 9.59 Å². The summed E-state index contributed by atoms with van der Waals surface area (Å²) in [6.45, 7) is 7.25. The molecule has 3 rings (SSSR count). The van der Waals surface area contributed by atoms with E-state index in [1.165, 1.54) is 23.9 Å². The Labute approximate surface area is 181 Å². The number of nitrogens with zero attached hydrogens (tertiary/aromatic N) is 2. The highest BCUT2D eigenvalue weighted by Gasteiger charge is 2.33. The molecular formula is C23H29FN2O3S. The lowest BCUT2D eigenvalue weighted by molar-refractivity contribution is -0.142. The van der Waals surface area contributed by atoms with Gasteiger partial charge in [0.05, 0.1) is 12.6 Å². The minimum atomic E-state index is -0.317. The van der Waals surface area contributed by atoms with E-state index >= 15 is 0 Å². The summed E-state index contributed by atoms with van der Waals surface area (Å²) in [5.41, 5.74) is 1.10. The quantitative estimate of drug-likeness (QED) is 0.625. The van der Waals surface area contributed by atoms with Gasteiger partial charge in [0, 0.05) is 24.9 Å². The second-order valence-corrected chi connectivity index (χ2v) is 9.04. The summed E-state index contributed by atoms with van der Waals surface area (Å²) in [6.07, 6.45) is 1.66. The first-order valence-corrected chi connectivity index (χ1v) is 11.2. The Morgan fingerprint density at radius 2 is 2.00 bits per heavy atom. The van der Waals surface area contributed by atoms with Gasteiger partial charge >= 0.3 is 0 Å². The number of rotatable bonds is 8. The second kappa shape index (κ2) is 10.1. The Balaban J connectivity index is 1.73. The summed E-state index contributed by atoms with van der Waals surface area (Å²) in [5, 5.41) is 2.04. The van der Waals surface area contributed by atoms with Crippen LogP contribution in [-0.2, 0) is 16.0 Å². The molecular weight excluding hydrogens is 403 g/mol. The molecule has 0 saturated carbocycles. The number of benzene rings is 1. The van der Waals surface area contributed by atoms with Gasteiger partial charge in [-0.1, -0.05) is 13.8 Å². The third kappa shape index (κ3) is 5.59. The van der Waals surface area contributed by atoms with Crippen molar-refractivity contribution < 1.29 is 18.7 Å². The first kappa shape index (κ1) is 22.3. The van der Waals surface area contributed by atoms with E-state index in [1.807, 2.05) is 16.3 Å². The zero-order chi connectivity index (χ0) is 21.7. The predicted molar refractivity (Wildman–Crippen MR) is 116 cm³/mol. The number of fused-ring (bicyclic) bond motifs is 1. The van der Waals surface area contributed by atoms with Crippen LogP contribution in [0, 0.1) is 11.7 Å². The molecule has 5 nitrogen and oxygen atoms in total. The maximum Gasteiger partial charge on any atom is 0.242 e. The summed E-state index contributed by atoms with van der Waals surface area (Å²) in [5.74, 6) is 0.549. The fraction of sp³-hybridized carbons (Fsp3) is 0.478. The highest BCUT2D eigenvalue weighted by Crippen LogP contribution is 2.34. The van der Waals surface area contributed by atoms with Crippen LogP contribution < -0.4 is 4.74 Å². The summed E-state index contributed by atoms with van der Waals surface area (Å²) < 4.78 is 19.1. The van der Waals surface area contributed by atoms with Gasteiger partial charge in [0.15, 0.2) is 0 Å². The smallest absolute Gasteiger partial charge is 0.242 e. The molecule has 1 aliphatic heterocycles. The van der Waals surface area contributed by atoms with Crippen molar-refractivity contribution >= 4 is 23.2 Å². The van der Waals surface area contributed by atoms with Crippen LogP contribution in [0.1, 0.15) is 43.7 Å². The van der Waals surface area contributed by atoms with Gasteiger partial charge in [0.2, 0.25) is 11.8 Å². The molecule has 1 aromatic carbocycles. The van der Waals surface area contributed by atoms with Crippen LogP contribution in [0.4, 0.5) is 4.39 Å². The molecule has 0 spiro atoms. The van der Waals surface area contributed by atoms with Crippen molar-refractivity contribution in [1.82, 2.24) is 9.80 Å². The Kier molecular flexibility index (Phi) is 7.48. The molecule has 2 amide bonds. The van der Waals surface area contributed by atoms with Crippen molar-refractivity contribution in [2.45, 2.75) is 39.7 Å². The Morgan fingerprint density at radius 3 is 2.67 bits per heavy atom. The Hall–Kier alpha value is -2.41. The molecule has 162 valence electrons. The molecule has 1 aromatic heterocycles. The molecule has 0 N–H and O–H groups in total. The first-order valence-electron chi connectivity index (χ1n) is 10.3. The van der Waals surface area contributed by atoms with Crippen LogP contribution in [0.5, 0.6) is 5.75 Å². The van der Waals surface area contributed by atoms with Crippen LogP contribution in [0.15, 0.2) is 35.7 Å². The van der Waals surface area contributed by atoms with Crippen LogP contribution in [0.3, 0.4) is 0 Å². The number of carbonyl (C=O) groups is 2. The van der Waals surface area contributed by atoms with E-state index in [0.29, 0.717) is 24.8 Å². The van der Waals surface area contributed by atoms with E-state index in [9.17, 15) is 14.0 Å². The van der Waals surface area contributed by atoms with Gasteiger partial charge in [-0.25, -0.2) is 4.39 Å². The Bertz CT molecular complexity index is 866. The Morgan fingerprint density at radius 1 is 1.27 bits per heavy atom. The zero-order valence-corrected chi connectivity index (χ0v) is 18.6. The number of halogens is 1. The first-order chi connectivity index (χ1) is 14.3. The minimum absolute atomic E-state index is 0.0708. The van der Waals surface area contributed by atoms with Crippen molar-refractivity contribution in [3.05, 3.63) is 52.0 Å². The standard InChI is InChI=1S/C23H29FN2O3S/c1-16(2)8-11-25(17(3)27)14-23(28)26-12-9-22-20(10-13-30-22)21(26)15-29-19-6-4-18(24)5-7-19/h4-7,10,13,16,21H,8-9,11-12,14-15H2,1-3H3/t21-/m0/s1. The van der Waals surface area contributed by atoms with Crippen LogP contribution in [0.2, 0.25) is 0 Å². The maximum absolute atomic E-state index is 13.2. The normalized spacial score (nSPS) is 15.8. The summed E-state index contributed by atoms with van der Waals surface area (Å²) in [7, 11) is 0. The molecule has 0 fully saturated rings. The van der Waals surface area contributed by atoms with Gasteiger partial charge in [-0.05, 0) is 60.0 Å². The molecule has 0 unspecified atom stereocenters. The van der Waals surface area contributed by atoms with Crippen molar-refractivity contribution in [2.24, 2.45) is 5.92 Å². The number of carbonyl (C=O) groups excluding carboxylic acids is 2. The zero-order valence-electron chi connectivity index (χ0n) is 17.8. The van der Waals surface area contributed by atoms with Gasteiger partial charge in [-0.2, -0.15) is 0 Å². The van der Waals surface area contributed by atoms with Crippen molar-refractivity contribution in [3.63, 3.8) is 0 Å².